The Morgan fingerprint density at radius 1 is 1.17 bits per heavy atom. The van der Waals surface area contributed by atoms with Gasteiger partial charge in [0.05, 0.1) is 12.3 Å². The summed E-state index contributed by atoms with van der Waals surface area (Å²) in [5.74, 6) is 0. The van der Waals surface area contributed by atoms with Gasteiger partial charge in [-0.05, 0) is 11.1 Å². The van der Waals surface area contributed by atoms with Gasteiger partial charge in [-0.25, -0.2) is 0 Å². The number of aromatic nitrogens is 2. The van der Waals surface area contributed by atoms with E-state index >= 15 is 0 Å². The Morgan fingerprint density at radius 3 is 2.83 bits per heavy atom. The number of rotatable bonds is 6. The number of hydrogen-bond donors (Lipinski definition) is 1. The maximum atomic E-state index is 5.12. The van der Waals surface area contributed by atoms with Crippen LogP contribution in [0.15, 0.2) is 42.9 Å². The summed E-state index contributed by atoms with van der Waals surface area (Å²) in [7, 11) is 1.71. The van der Waals surface area contributed by atoms with Crippen LogP contribution in [0.2, 0.25) is 0 Å². The average molecular weight is 243 g/mol. The van der Waals surface area contributed by atoms with Crippen LogP contribution in [0.3, 0.4) is 0 Å². The van der Waals surface area contributed by atoms with Crippen molar-refractivity contribution in [3.63, 3.8) is 0 Å². The monoisotopic (exact) mass is 243 g/mol. The zero-order valence-corrected chi connectivity index (χ0v) is 10.5. The third kappa shape index (κ3) is 3.91. The molecule has 0 spiro atoms. The normalized spacial score (nSPS) is 10.5. The molecule has 1 N–H and O–H groups in total. The van der Waals surface area contributed by atoms with Gasteiger partial charge in [-0.15, -0.1) is 0 Å². The third-order valence-electron chi connectivity index (χ3n) is 2.55. The Bertz CT molecular complexity index is 473. The summed E-state index contributed by atoms with van der Waals surface area (Å²) in [6.45, 7) is 2.19. The van der Waals surface area contributed by atoms with Crippen LogP contribution in [0.25, 0.3) is 0 Å². The van der Waals surface area contributed by atoms with E-state index in [1.165, 1.54) is 11.1 Å². The molecule has 0 aliphatic rings. The molecule has 1 aromatic carbocycles. The fraction of sp³-hybridized carbons (Fsp3) is 0.286. The van der Waals surface area contributed by atoms with Crippen LogP contribution in [-0.2, 0) is 24.4 Å². The minimum Gasteiger partial charge on any atom is -0.380 e. The van der Waals surface area contributed by atoms with Gasteiger partial charge in [0.2, 0.25) is 0 Å². The first-order chi connectivity index (χ1) is 8.88. The Morgan fingerprint density at radius 2 is 2.06 bits per heavy atom. The van der Waals surface area contributed by atoms with Gasteiger partial charge in [-0.3, -0.25) is 9.97 Å². The summed E-state index contributed by atoms with van der Waals surface area (Å²) in [6.07, 6.45) is 5.16. The van der Waals surface area contributed by atoms with E-state index in [4.69, 9.17) is 4.74 Å². The second kappa shape index (κ2) is 6.83. The van der Waals surface area contributed by atoms with Crippen molar-refractivity contribution in [3.8, 4) is 0 Å². The van der Waals surface area contributed by atoms with Crippen molar-refractivity contribution in [1.82, 2.24) is 15.3 Å². The van der Waals surface area contributed by atoms with E-state index < -0.39 is 0 Å². The highest BCUT2D eigenvalue weighted by atomic mass is 16.5. The van der Waals surface area contributed by atoms with Crippen LogP contribution in [0.1, 0.15) is 16.8 Å². The number of methoxy groups -OCH3 is 1. The van der Waals surface area contributed by atoms with Crippen LogP contribution in [0.5, 0.6) is 0 Å². The first-order valence-electron chi connectivity index (χ1n) is 5.91. The number of nitrogens with one attached hydrogen (secondary N) is 1. The fourth-order valence-electron chi connectivity index (χ4n) is 1.75. The summed E-state index contributed by atoms with van der Waals surface area (Å²) in [4.78, 5) is 8.24. The largest absolute Gasteiger partial charge is 0.380 e. The maximum absolute atomic E-state index is 5.12. The molecule has 4 heteroatoms. The summed E-state index contributed by atoms with van der Waals surface area (Å²) >= 11 is 0. The van der Waals surface area contributed by atoms with Crippen LogP contribution in [0, 0.1) is 0 Å². The van der Waals surface area contributed by atoms with Gasteiger partial charge in [0.15, 0.2) is 0 Å². The lowest BCUT2D eigenvalue weighted by Gasteiger charge is -2.06. The van der Waals surface area contributed by atoms with Crippen molar-refractivity contribution >= 4 is 0 Å². The van der Waals surface area contributed by atoms with Gasteiger partial charge in [-0.2, -0.15) is 0 Å². The lowest BCUT2D eigenvalue weighted by atomic mass is 10.1. The number of hydrogen-bond acceptors (Lipinski definition) is 4. The molecule has 94 valence electrons. The van der Waals surface area contributed by atoms with Gasteiger partial charge in [0, 0.05) is 38.8 Å². The SMILES string of the molecule is COCc1cccc(CNCc2cnccn2)c1. The molecule has 4 nitrogen and oxygen atoms in total. The van der Waals surface area contributed by atoms with Crippen molar-refractivity contribution in [2.45, 2.75) is 19.7 Å². The van der Waals surface area contributed by atoms with Gasteiger partial charge in [0.25, 0.3) is 0 Å². The van der Waals surface area contributed by atoms with E-state index in [1.54, 1.807) is 25.7 Å². The van der Waals surface area contributed by atoms with Crippen LogP contribution in [-0.4, -0.2) is 17.1 Å². The van der Waals surface area contributed by atoms with Crippen LogP contribution in [0.4, 0.5) is 0 Å². The van der Waals surface area contributed by atoms with E-state index in [9.17, 15) is 0 Å². The second-order valence-electron chi connectivity index (χ2n) is 4.05. The number of benzene rings is 1. The maximum Gasteiger partial charge on any atom is 0.0724 e. The summed E-state index contributed by atoms with van der Waals surface area (Å²) in [5.41, 5.74) is 3.38. The molecule has 1 aromatic heterocycles. The molecule has 0 unspecified atom stereocenters. The summed E-state index contributed by atoms with van der Waals surface area (Å²) in [5, 5.41) is 3.34. The first kappa shape index (κ1) is 12.7. The van der Waals surface area contributed by atoms with Crippen LogP contribution < -0.4 is 5.32 Å². The zero-order chi connectivity index (χ0) is 12.6. The van der Waals surface area contributed by atoms with Crippen molar-refractivity contribution in [2.24, 2.45) is 0 Å². The van der Waals surface area contributed by atoms with Crippen molar-refractivity contribution in [3.05, 3.63) is 59.7 Å². The van der Waals surface area contributed by atoms with Gasteiger partial charge >= 0.3 is 0 Å². The predicted octanol–water partition coefficient (Wildman–Crippen LogP) is 1.91. The second-order valence-corrected chi connectivity index (χ2v) is 4.05. The van der Waals surface area contributed by atoms with E-state index in [0.29, 0.717) is 6.61 Å². The highest BCUT2D eigenvalue weighted by Crippen LogP contribution is 2.06. The molecule has 0 radical (unpaired) electrons. The predicted molar refractivity (Wildman–Crippen MR) is 69.7 cm³/mol. The van der Waals surface area contributed by atoms with Gasteiger partial charge < -0.3 is 10.1 Å². The molecule has 18 heavy (non-hydrogen) atoms. The van der Waals surface area contributed by atoms with Crippen molar-refractivity contribution < 1.29 is 4.74 Å². The highest BCUT2D eigenvalue weighted by molar-refractivity contribution is 5.22. The topological polar surface area (TPSA) is 47.0 Å². The Labute approximate surface area is 107 Å². The van der Waals surface area contributed by atoms with Crippen molar-refractivity contribution in [2.75, 3.05) is 7.11 Å². The van der Waals surface area contributed by atoms with E-state index in [2.05, 4.69) is 33.5 Å². The van der Waals surface area contributed by atoms with E-state index in [-0.39, 0.29) is 0 Å². The molecular formula is C14H17N3O. The standard InChI is InChI=1S/C14H17N3O/c1-18-11-13-4-2-3-12(7-13)8-16-10-14-9-15-5-6-17-14/h2-7,9,16H,8,10-11H2,1H3. The smallest absolute Gasteiger partial charge is 0.0724 e. The highest BCUT2D eigenvalue weighted by Gasteiger charge is 1.97. The van der Waals surface area contributed by atoms with Crippen molar-refractivity contribution in [1.29, 1.82) is 0 Å². The minimum absolute atomic E-state index is 0.651. The van der Waals surface area contributed by atoms with Crippen LogP contribution >= 0.6 is 0 Å². The molecular weight excluding hydrogens is 226 g/mol. The molecule has 1 heterocycles. The molecule has 2 aromatic rings. The average Bonchev–Trinajstić information content (AvgIpc) is 2.41. The summed E-state index contributed by atoms with van der Waals surface area (Å²) in [6, 6.07) is 8.36. The van der Waals surface area contributed by atoms with E-state index in [0.717, 1.165) is 18.8 Å². The van der Waals surface area contributed by atoms with Gasteiger partial charge in [-0.1, -0.05) is 24.3 Å². The molecule has 2 rings (SSSR count). The Hall–Kier alpha value is -1.78. The lowest BCUT2D eigenvalue weighted by Crippen LogP contribution is -2.13. The quantitative estimate of drug-likeness (QED) is 0.842. The molecule has 0 amide bonds. The number of nitrogens with zero attached hydrogens (tertiary/aromatic N) is 2. The summed E-state index contributed by atoms with van der Waals surface area (Å²) < 4.78 is 5.12. The minimum atomic E-state index is 0.651. The number of ether oxygens (including phenoxy) is 1. The first-order valence-corrected chi connectivity index (χ1v) is 5.91. The third-order valence-corrected chi connectivity index (χ3v) is 2.55. The Kier molecular flexibility index (Phi) is 4.81. The fourth-order valence-corrected chi connectivity index (χ4v) is 1.75. The van der Waals surface area contributed by atoms with Gasteiger partial charge in [0.1, 0.15) is 0 Å². The molecule has 0 fully saturated rings. The molecule has 0 saturated carbocycles. The molecule has 0 atom stereocenters. The molecule has 0 bridgehead atoms. The molecule has 0 saturated heterocycles. The molecule has 0 aliphatic heterocycles. The lowest BCUT2D eigenvalue weighted by molar-refractivity contribution is 0.185. The van der Waals surface area contributed by atoms with E-state index in [1.807, 2.05) is 6.07 Å². The molecule has 0 aliphatic carbocycles. The Balaban J connectivity index is 1.84. The zero-order valence-electron chi connectivity index (χ0n) is 10.5.